The molecule has 0 amide bonds. The van der Waals surface area contributed by atoms with Crippen LogP contribution in [0.5, 0.6) is 0 Å². The second-order valence-corrected chi connectivity index (χ2v) is 6.09. The molecule has 1 aromatic rings. The highest BCUT2D eigenvalue weighted by Crippen LogP contribution is 2.35. The molecule has 2 unspecified atom stereocenters. The summed E-state index contributed by atoms with van der Waals surface area (Å²) >= 11 is 0. The highest BCUT2D eigenvalue weighted by Gasteiger charge is 2.36. The monoisotopic (exact) mass is 258 g/mol. The average molecular weight is 258 g/mol. The van der Waals surface area contributed by atoms with Crippen molar-refractivity contribution in [1.29, 1.82) is 0 Å². The van der Waals surface area contributed by atoms with Gasteiger partial charge >= 0.3 is 0 Å². The summed E-state index contributed by atoms with van der Waals surface area (Å²) < 4.78 is 0. The molecule has 19 heavy (non-hydrogen) atoms. The maximum absolute atomic E-state index is 3.76. The first-order valence-electron chi connectivity index (χ1n) is 7.90. The van der Waals surface area contributed by atoms with Crippen LogP contribution in [0.2, 0.25) is 0 Å². The first-order chi connectivity index (χ1) is 9.31. The second kappa shape index (κ2) is 5.54. The van der Waals surface area contributed by atoms with Gasteiger partial charge in [0.15, 0.2) is 0 Å². The topological polar surface area (TPSA) is 15.3 Å². The molecule has 0 spiro atoms. The summed E-state index contributed by atoms with van der Waals surface area (Å²) in [4.78, 5) is 2.64. The lowest BCUT2D eigenvalue weighted by atomic mass is 10.0. The first-order valence-corrected chi connectivity index (χ1v) is 7.90. The maximum Gasteiger partial charge on any atom is 0.0412 e. The van der Waals surface area contributed by atoms with Gasteiger partial charge in [-0.3, -0.25) is 0 Å². The zero-order chi connectivity index (χ0) is 13.2. The van der Waals surface area contributed by atoms with Gasteiger partial charge in [-0.2, -0.15) is 0 Å². The van der Waals surface area contributed by atoms with Crippen molar-refractivity contribution in [2.24, 2.45) is 5.92 Å². The molecule has 1 N–H and O–H groups in total. The number of nitrogens with zero attached hydrogens (tertiary/aromatic N) is 1. The van der Waals surface area contributed by atoms with E-state index in [9.17, 15) is 0 Å². The molecule has 1 aliphatic heterocycles. The summed E-state index contributed by atoms with van der Waals surface area (Å²) in [5, 5.41) is 3.76. The summed E-state index contributed by atoms with van der Waals surface area (Å²) in [7, 11) is 0. The van der Waals surface area contributed by atoms with Gasteiger partial charge in [0, 0.05) is 30.9 Å². The van der Waals surface area contributed by atoms with E-state index in [-0.39, 0.29) is 0 Å². The smallest absolute Gasteiger partial charge is 0.0412 e. The third-order valence-corrected chi connectivity index (χ3v) is 4.79. The molecule has 2 fully saturated rings. The third kappa shape index (κ3) is 2.79. The molecule has 1 saturated heterocycles. The Morgan fingerprint density at radius 3 is 2.47 bits per heavy atom. The van der Waals surface area contributed by atoms with Crippen LogP contribution in [0.4, 0.5) is 5.69 Å². The lowest BCUT2D eigenvalue weighted by molar-refractivity contribution is 0.360. The van der Waals surface area contributed by atoms with Gasteiger partial charge in [-0.25, -0.2) is 0 Å². The number of benzene rings is 1. The van der Waals surface area contributed by atoms with E-state index in [1.165, 1.54) is 37.1 Å². The molecule has 2 nitrogen and oxygen atoms in total. The summed E-state index contributed by atoms with van der Waals surface area (Å²) in [6.45, 7) is 6.86. The van der Waals surface area contributed by atoms with E-state index >= 15 is 0 Å². The highest BCUT2D eigenvalue weighted by molar-refractivity contribution is 5.49. The molecule has 1 heterocycles. The van der Waals surface area contributed by atoms with Crippen LogP contribution in [0.15, 0.2) is 24.3 Å². The van der Waals surface area contributed by atoms with E-state index in [0.29, 0.717) is 12.1 Å². The lowest BCUT2D eigenvalue weighted by Gasteiger charge is -2.42. The molecule has 3 rings (SSSR count). The molecular weight excluding hydrogens is 232 g/mol. The fourth-order valence-corrected chi connectivity index (χ4v) is 3.24. The van der Waals surface area contributed by atoms with Gasteiger partial charge in [0.25, 0.3) is 0 Å². The quantitative estimate of drug-likeness (QED) is 0.892. The van der Waals surface area contributed by atoms with Crippen molar-refractivity contribution in [3.8, 4) is 0 Å². The van der Waals surface area contributed by atoms with Gasteiger partial charge in [-0.1, -0.05) is 26.0 Å². The van der Waals surface area contributed by atoms with Crippen molar-refractivity contribution in [2.45, 2.75) is 51.6 Å². The van der Waals surface area contributed by atoms with Gasteiger partial charge < -0.3 is 10.2 Å². The fraction of sp³-hybridized carbons (Fsp3) is 0.647. The molecule has 104 valence electrons. The Hall–Kier alpha value is -1.02. The Bertz CT molecular complexity index is 408. The largest absolute Gasteiger partial charge is 0.366 e. The number of hydrogen-bond donors (Lipinski definition) is 1. The molecule has 2 heteroatoms. The second-order valence-electron chi connectivity index (χ2n) is 6.09. The number of piperazine rings is 1. The van der Waals surface area contributed by atoms with E-state index in [2.05, 4.69) is 48.3 Å². The van der Waals surface area contributed by atoms with Crippen molar-refractivity contribution < 1.29 is 0 Å². The SMILES string of the molecule is CCc1ccc(N2CC(C3CC3)NCC2CC)cc1. The van der Waals surface area contributed by atoms with E-state index in [4.69, 9.17) is 0 Å². The zero-order valence-corrected chi connectivity index (χ0v) is 12.2. The van der Waals surface area contributed by atoms with E-state index < -0.39 is 0 Å². The van der Waals surface area contributed by atoms with Gasteiger partial charge in [0.1, 0.15) is 0 Å². The minimum Gasteiger partial charge on any atom is -0.366 e. The van der Waals surface area contributed by atoms with Crippen LogP contribution in [0.3, 0.4) is 0 Å². The summed E-state index contributed by atoms with van der Waals surface area (Å²) in [5.41, 5.74) is 2.85. The summed E-state index contributed by atoms with van der Waals surface area (Å²) in [6, 6.07) is 10.6. The molecule has 1 aromatic carbocycles. The van der Waals surface area contributed by atoms with Crippen LogP contribution >= 0.6 is 0 Å². The van der Waals surface area contributed by atoms with Crippen molar-refractivity contribution in [3.05, 3.63) is 29.8 Å². The van der Waals surface area contributed by atoms with Crippen LogP contribution in [-0.2, 0) is 6.42 Å². The number of nitrogens with one attached hydrogen (secondary N) is 1. The number of hydrogen-bond acceptors (Lipinski definition) is 2. The molecule has 0 bridgehead atoms. The van der Waals surface area contributed by atoms with Crippen LogP contribution < -0.4 is 10.2 Å². The van der Waals surface area contributed by atoms with Crippen LogP contribution in [0.25, 0.3) is 0 Å². The standard InChI is InChI=1S/C17H26N2/c1-3-13-5-9-16(10-6-13)19-12-17(14-7-8-14)18-11-15(19)4-2/h5-6,9-10,14-15,17-18H,3-4,7-8,11-12H2,1-2H3. The van der Waals surface area contributed by atoms with Crippen molar-refractivity contribution in [1.82, 2.24) is 5.32 Å². The predicted octanol–water partition coefficient (Wildman–Crippen LogP) is 3.22. The molecule has 2 aliphatic rings. The molecule has 2 atom stereocenters. The van der Waals surface area contributed by atoms with Crippen LogP contribution in [-0.4, -0.2) is 25.2 Å². The Labute approximate surface area is 117 Å². The third-order valence-electron chi connectivity index (χ3n) is 4.79. The zero-order valence-electron chi connectivity index (χ0n) is 12.2. The lowest BCUT2D eigenvalue weighted by Crippen LogP contribution is -2.57. The van der Waals surface area contributed by atoms with Crippen LogP contribution in [0, 0.1) is 5.92 Å². The maximum atomic E-state index is 3.76. The average Bonchev–Trinajstić information content (AvgIpc) is 3.31. The first kappa shape index (κ1) is 13.0. The van der Waals surface area contributed by atoms with Gasteiger partial charge in [0.2, 0.25) is 0 Å². The Morgan fingerprint density at radius 1 is 1.16 bits per heavy atom. The molecule has 0 radical (unpaired) electrons. The van der Waals surface area contributed by atoms with Crippen molar-refractivity contribution in [2.75, 3.05) is 18.0 Å². The molecule has 1 aliphatic carbocycles. The normalized spacial score (nSPS) is 27.6. The van der Waals surface area contributed by atoms with Gasteiger partial charge in [-0.15, -0.1) is 0 Å². The van der Waals surface area contributed by atoms with Gasteiger partial charge in [-0.05, 0) is 49.3 Å². The van der Waals surface area contributed by atoms with Crippen LogP contribution in [0.1, 0.15) is 38.7 Å². The molecule has 0 aromatic heterocycles. The Morgan fingerprint density at radius 2 is 1.89 bits per heavy atom. The summed E-state index contributed by atoms with van der Waals surface area (Å²) in [6.07, 6.45) is 5.21. The fourth-order valence-electron chi connectivity index (χ4n) is 3.24. The Balaban J connectivity index is 1.76. The number of rotatable bonds is 4. The van der Waals surface area contributed by atoms with E-state index in [1.54, 1.807) is 0 Å². The van der Waals surface area contributed by atoms with Gasteiger partial charge in [0.05, 0.1) is 0 Å². The predicted molar refractivity (Wildman–Crippen MR) is 81.8 cm³/mol. The molecular formula is C17H26N2. The highest BCUT2D eigenvalue weighted by atomic mass is 15.2. The molecule has 1 saturated carbocycles. The van der Waals surface area contributed by atoms with E-state index in [1.807, 2.05) is 0 Å². The summed E-state index contributed by atoms with van der Waals surface area (Å²) in [5.74, 6) is 0.940. The number of anilines is 1. The van der Waals surface area contributed by atoms with Crippen molar-refractivity contribution >= 4 is 5.69 Å². The number of aryl methyl sites for hydroxylation is 1. The minimum absolute atomic E-state index is 0.655. The minimum atomic E-state index is 0.655. The van der Waals surface area contributed by atoms with Crippen molar-refractivity contribution in [3.63, 3.8) is 0 Å². The van der Waals surface area contributed by atoms with E-state index in [0.717, 1.165) is 18.9 Å². The Kier molecular flexibility index (Phi) is 3.79.